The molecule has 0 saturated carbocycles. The van der Waals surface area contributed by atoms with Crippen LogP contribution in [0.4, 0.5) is 0 Å². The molecule has 0 radical (unpaired) electrons. The summed E-state index contributed by atoms with van der Waals surface area (Å²) in [5.74, 6) is 0. The average Bonchev–Trinajstić information content (AvgIpc) is 2.56. The first kappa shape index (κ1) is 10.6. The van der Waals surface area contributed by atoms with Crippen LogP contribution in [0.3, 0.4) is 0 Å². The Morgan fingerprint density at radius 3 is 2.93 bits per heavy atom. The number of fused-ring (bicyclic) bond motifs is 1. The molecule has 15 heavy (non-hydrogen) atoms. The topological polar surface area (TPSA) is 67.2 Å². The van der Waals surface area contributed by atoms with Crippen LogP contribution in [0.15, 0.2) is 6.20 Å². The van der Waals surface area contributed by atoms with Crippen molar-refractivity contribution in [2.75, 3.05) is 13.6 Å². The molecule has 0 aliphatic carbocycles. The molecule has 7 heteroatoms. The van der Waals surface area contributed by atoms with Crippen molar-refractivity contribution in [3.05, 3.63) is 17.5 Å². The van der Waals surface area contributed by atoms with Gasteiger partial charge in [-0.2, -0.15) is 17.8 Å². The minimum atomic E-state index is -3.31. The van der Waals surface area contributed by atoms with Gasteiger partial charge in [0.25, 0.3) is 10.2 Å². The van der Waals surface area contributed by atoms with Crippen LogP contribution in [0.25, 0.3) is 0 Å². The van der Waals surface area contributed by atoms with Crippen LogP contribution in [0.5, 0.6) is 0 Å². The van der Waals surface area contributed by atoms with E-state index in [9.17, 15) is 8.42 Å². The lowest BCUT2D eigenvalue weighted by Crippen LogP contribution is -2.41. The van der Waals surface area contributed by atoms with Gasteiger partial charge in [0.2, 0.25) is 0 Å². The number of aromatic nitrogens is 2. The Morgan fingerprint density at radius 1 is 1.53 bits per heavy atom. The van der Waals surface area contributed by atoms with E-state index in [4.69, 9.17) is 0 Å². The minimum Gasteiger partial charge on any atom is -0.275 e. The Morgan fingerprint density at radius 2 is 2.27 bits per heavy atom. The van der Waals surface area contributed by atoms with Crippen molar-refractivity contribution in [3.63, 3.8) is 0 Å². The predicted molar refractivity (Wildman–Crippen MR) is 55.3 cm³/mol. The lowest BCUT2D eigenvalue weighted by molar-refractivity contribution is 0.385. The molecule has 0 spiro atoms. The molecule has 84 valence electrons. The first-order chi connectivity index (χ1) is 7.03. The molecule has 2 rings (SSSR count). The number of nitrogens with one attached hydrogen (secondary N) is 1. The largest absolute Gasteiger partial charge is 0.279 e. The summed E-state index contributed by atoms with van der Waals surface area (Å²) in [5, 5.41) is 4.27. The van der Waals surface area contributed by atoms with Crippen molar-refractivity contribution in [2.45, 2.75) is 13.0 Å². The molecule has 0 bridgehead atoms. The number of aryl methyl sites for hydroxylation is 1. The van der Waals surface area contributed by atoms with Gasteiger partial charge in [0, 0.05) is 45.4 Å². The highest BCUT2D eigenvalue weighted by atomic mass is 32.2. The van der Waals surface area contributed by atoms with Crippen LogP contribution in [-0.4, -0.2) is 36.1 Å². The van der Waals surface area contributed by atoms with Crippen molar-refractivity contribution in [1.29, 1.82) is 0 Å². The molecule has 6 nitrogen and oxygen atoms in total. The van der Waals surface area contributed by atoms with Gasteiger partial charge >= 0.3 is 0 Å². The third kappa shape index (κ3) is 1.90. The molecule has 0 amide bonds. The summed E-state index contributed by atoms with van der Waals surface area (Å²) in [6.07, 6.45) is 2.55. The number of hydrogen-bond acceptors (Lipinski definition) is 3. The second-order valence-corrected chi connectivity index (χ2v) is 5.44. The minimum absolute atomic E-state index is 0.409. The fraction of sp³-hybridized carbons (Fsp3) is 0.625. The van der Waals surface area contributed by atoms with E-state index in [0.717, 1.165) is 11.3 Å². The first-order valence-corrected chi connectivity index (χ1v) is 6.17. The van der Waals surface area contributed by atoms with Crippen LogP contribution in [0, 0.1) is 0 Å². The monoisotopic (exact) mass is 230 g/mol. The van der Waals surface area contributed by atoms with E-state index in [2.05, 4.69) is 9.82 Å². The molecule has 1 aromatic heterocycles. The highest BCUT2D eigenvalue weighted by Gasteiger charge is 2.26. The van der Waals surface area contributed by atoms with Crippen LogP contribution < -0.4 is 4.72 Å². The molecule has 1 aromatic rings. The van der Waals surface area contributed by atoms with Gasteiger partial charge in [-0.25, -0.2) is 4.72 Å². The summed E-state index contributed by atoms with van der Waals surface area (Å²) in [6, 6.07) is 0. The van der Waals surface area contributed by atoms with E-state index in [1.165, 1.54) is 11.4 Å². The van der Waals surface area contributed by atoms with Crippen LogP contribution in [0.1, 0.15) is 11.3 Å². The fourth-order valence-corrected chi connectivity index (χ4v) is 2.66. The van der Waals surface area contributed by atoms with E-state index < -0.39 is 10.2 Å². The van der Waals surface area contributed by atoms with Gasteiger partial charge in [-0.1, -0.05) is 0 Å². The van der Waals surface area contributed by atoms with Crippen molar-refractivity contribution >= 4 is 10.2 Å². The van der Waals surface area contributed by atoms with E-state index in [0.29, 0.717) is 19.5 Å². The van der Waals surface area contributed by atoms with Gasteiger partial charge in [-0.3, -0.25) is 4.68 Å². The standard InChI is InChI=1S/C8H14N4O2S/c1-9-15(13,14)12-4-3-8-7(6-12)5-11(2)10-8/h5,9H,3-4,6H2,1-2H3. The van der Waals surface area contributed by atoms with E-state index >= 15 is 0 Å². The summed E-state index contributed by atoms with van der Waals surface area (Å²) in [4.78, 5) is 0. The quantitative estimate of drug-likeness (QED) is 0.726. The zero-order valence-corrected chi connectivity index (χ0v) is 9.58. The smallest absolute Gasteiger partial charge is 0.275 e. The maximum Gasteiger partial charge on any atom is 0.279 e. The summed E-state index contributed by atoms with van der Waals surface area (Å²) in [5.41, 5.74) is 1.99. The third-order valence-electron chi connectivity index (χ3n) is 2.53. The molecule has 1 aliphatic rings. The van der Waals surface area contributed by atoms with Gasteiger partial charge in [-0.15, -0.1) is 0 Å². The molecule has 0 aromatic carbocycles. The van der Waals surface area contributed by atoms with Gasteiger partial charge < -0.3 is 0 Å². The fourth-order valence-electron chi connectivity index (χ4n) is 1.76. The lowest BCUT2D eigenvalue weighted by Gasteiger charge is -2.24. The SMILES string of the molecule is CNS(=O)(=O)N1CCc2nn(C)cc2C1. The molecule has 0 saturated heterocycles. The summed E-state index contributed by atoms with van der Waals surface area (Å²) < 4.78 is 28.6. The summed E-state index contributed by atoms with van der Waals surface area (Å²) in [6.45, 7) is 0.902. The Labute approximate surface area is 89.1 Å². The van der Waals surface area contributed by atoms with E-state index in [1.54, 1.807) is 4.68 Å². The second-order valence-electron chi connectivity index (χ2n) is 3.57. The molecular weight excluding hydrogens is 216 g/mol. The molecule has 1 N–H and O–H groups in total. The normalized spacial score (nSPS) is 17.7. The van der Waals surface area contributed by atoms with Gasteiger partial charge in [-0.05, 0) is 0 Å². The number of hydrogen-bond donors (Lipinski definition) is 1. The zero-order chi connectivity index (χ0) is 11.1. The second kappa shape index (κ2) is 3.58. The number of rotatable bonds is 2. The molecule has 0 atom stereocenters. The summed E-state index contributed by atoms with van der Waals surface area (Å²) in [7, 11) is -0.0412. The zero-order valence-electron chi connectivity index (χ0n) is 8.77. The predicted octanol–water partition coefficient (Wildman–Crippen LogP) is -0.758. The van der Waals surface area contributed by atoms with Crippen molar-refractivity contribution in [1.82, 2.24) is 18.8 Å². The molecule has 0 unspecified atom stereocenters. The highest BCUT2D eigenvalue weighted by molar-refractivity contribution is 7.87. The lowest BCUT2D eigenvalue weighted by atomic mass is 10.1. The van der Waals surface area contributed by atoms with Crippen LogP contribution in [-0.2, 0) is 30.2 Å². The van der Waals surface area contributed by atoms with E-state index in [-0.39, 0.29) is 0 Å². The summed E-state index contributed by atoms with van der Waals surface area (Å²) >= 11 is 0. The first-order valence-electron chi connectivity index (χ1n) is 4.73. The average molecular weight is 230 g/mol. The highest BCUT2D eigenvalue weighted by Crippen LogP contribution is 2.18. The molecule has 0 fully saturated rings. The molecule has 2 heterocycles. The van der Waals surface area contributed by atoms with E-state index in [1.807, 2.05) is 13.2 Å². The Kier molecular flexibility index (Phi) is 2.53. The van der Waals surface area contributed by atoms with Crippen molar-refractivity contribution in [2.24, 2.45) is 7.05 Å². The number of nitrogens with zero attached hydrogens (tertiary/aromatic N) is 3. The Hall–Kier alpha value is -0.920. The molecular formula is C8H14N4O2S. The van der Waals surface area contributed by atoms with Crippen molar-refractivity contribution < 1.29 is 8.42 Å². The van der Waals surface area contributed by atoms with Crippen LogP contribution in [0.2, 0.25) is 0 Å². The van der Waals surface area contributed by atoms with Gasteiger partial charge in [0.15, 0.2) is 0 Å². The van der Waals surface area contributed by atoms with Gasteiger partial charge in [0.1, 0.15) is 0 Å². The maximum atomic E-state index is 11.6. The van der Waals surface area contributed by atoms with Crippen LogP contribution >= 0.6 is 0 Å². The third-order valence-corrected chi connectivity index (χ3v) is 4.04. The maximum absolute atomic E-state index is 11.6. The Bertz CT molecular complexity index is 465. The Balaban J connectivity index is 2.26. The van der Waals surface area contributed by atoms with Gasteiger partial charge in [0.05, 0.1) is 5.69 Å². The molecule has 1 aliphatic heterocycles. The van der Waals surface area contributed by atoms with Crippen molar-refractivity contribution in [3.8, 4) is 0 Å².